The van der Waals surface area contributed by atoms with Gasteiger partial charge in [0, 0.05) is 24.8 Å². The molecule has 0 unspecified atom stereocenters. The van der Waals surface area contributed by atoms with Crippen LogP contribution in [0.2, 0.25) is 0 Å². The van der Waals surface area contributed by atoms with Gasteiger partial charge in [-0.3, -0.25) is 9.63 Å². The molecular formula is C16H20N4O5. The summed E-state index contributed by atoms with van der Waals surface area (Å²) in [6, 6.07) is 1.89. The van der Waals surface area contributed by atoms with Gasteiger partial charge in [-0.25, -0.2) is 15.0 Å². The molecule has 4 rings (SSSR count). The summed E-state index contributed by atoms with van der Waals surface area (Å²) in [5.41, 5.74) is 0.709. The molecule has 134 valence electrons. The maximum absolute atomic E-state index is 12.6. The second kappa shape index (κ2) is 5.73. The Morgan fingerprint density at radius 2 is 2.12 bits per heavy atom. The van der Waals surface area contributed by atoms with Crippen molar-refractivity contribution in [2.45, 2.75) is 44.2 Å². The van der Waals surface area contributed by atoms with Crippen LogP contribution in [0.5, 0.6) is 0 Å². The van der Waals surface area contributed by atoms with Gasteiger partial charge < -0.3 is 18.8 Å². The van der Waals surface area contributed by atoms with Gasteiger partial charge in [0.2, 0.25) is 0 Å². The van der Waals surface area contributed by atoms with Gasteiger partial charge in [-0.1, -0.05) is 0 Å². The van der Waals surface area contributed by atoms with E-state index in [4.69, 9.17) is 19.0 Å². The summed E-state index contributed by atoms with van der Waals surface area (Å²) in [5.74, 6) is -1.13. The van der Waals surface area contributed by atoms with E-state index in [9.17, 15) is 4.79 Å². The Kier molecular flexibility index (Phi) is 3.76. The van der Waals surface area contributed by atoms with E-state index in [1.165, 1.54) is 20.5 Å². The number of likely N-dealkylation sites (N-methyl/N-ethyl adjacent to an activating group) is 1. The fourth-order valence-corrected chi connectivity index (χ4v) is 3.37. The molecule has 25 heavy (non-hydrogen) atoms. The van der Waals surface area contributed by atoms with Crippen LogP contribution in [-0.4, -0.2) is 63.8 Å². The monoisotopic (exact) mass is 348 g/mol. The molecule has 0 N–H and O–H groups in total. The van der Waals surface area contributed by atoms with Crippen molar-refractivity contribution in [2.24, 2.45) is 0 Å². The van der Waals surface area contributed by atoms with Crippen molar-refractivity contribution >= 4 is 16.9 Å². The summed E-state index contributed by atoms with van der Waals surface area (Å²) in [4.78, 5) is 25.9. The molecule has 4 heterocycles. The minimum Gasteiger partial charge on any atom is -0.341 e. The average molecular weight is 348 g/mol. The quantitative estimate of drug-likeness (QED) is 0.761. The van der Waals surface area contributed by atoms with Gasteiger partial charge in [-0.15, -0.1) is 0 Å². The van der Waals surface area contributed by atoms with E-state index in [-0.39, 0.29) is 5.91 Å². The van der Waals surface area contributed by atoms with Gasteiger partial charge in [0.1, 0.15) is 24.2 Å². The zero-order valence-corrected chi connectivity index (χ0v) is 14.4. The third kappa shape index (κ3) is 2.60. The standard InChI is InChI=1S/C16H20N4O5/c1-16(2)24-10-11(14(21)19(3)22-4)23-15(12(10)25-16)20-6-5-9-7-17-8-18-13(9)20/h5-8,10-12,15H,1-4H3/t10-,11+,12-,15-/m1/s1. The highest BCUT2D eigenvalue weighted by atomic mass is 16.8. The smallest absolute Gasteiger partial charge is 0.277 e. The van der Waals surface area contributed by atoms with Crippen molar-refractivity contribution in [3.8, 4) is 0 Å². The summed E-state index contributed by atoms with van der Waals surface area (Å²) in [6.45, 7) is 3.64. The Morgan fingerprint density at radius 3 is 2.88 bits per heavy atom. The number of ether oxygens (including phenoxy) is 3. The highest BCUT2D eigenvalue weighted by Crippen LogP contribution is 2.44. The number of carbonyl (C=O) groups excluding carboxylic acids is 1. The van der Waals surface area contributed by atoms with Gasteiger partial charge in [0.15, 0.2) is 18.1 Å². The van der Waals surface area contributed by atoms with Crippen LogP contribution >= 0.6 is 0 Å². The first kappa shape index (κ1) is 16.4. The summed E-state index contributed by atoms with van der Waals surface area (Å²) >= 11 is 0. The van der Waals surface area contributed by atoms with E-state index in [0.29, 0.717) is 5.65 Å². The molecule has 2 aliphatic heterocycles. The first-order valence-electron chi connectivity index (χ1n) is 8.00. The number of aromatic nitrogens is 3. The van der Waals surface area contributed by atoms with Gasteiger partial charge >= 0.3 is 0 Å². The second-order valence-corrected chi connectivity index (χ2v) is 6.55. The minimum absolute atomic E-state index is 0.326. The van der Waals surface area contributed by atoms with E-state index in [0.717, 1.165) is 10.4 Å². The van der Waals surface area contributed by atoms with E-state index in [1.807, 2.05) is 30.7 Å². The Morgan fingerprint density at radius 1 is 1.36 bits per heavy atom. The van der Waals surface area contributed by atoms with E-state index >= 15 is 0 Å². The molecule has 2 aromatic heterocycles. The van der Waals surface area contributed by atoms with E-state index in [1.54, 1.807) is 6.20 Å². The molecule has 9 nitrogen and oxygen atoms in total. The van der Waals surface area contributed by atoms with E-state index in [2.05, 4.69) is 9.97 Å². The highest BCUT2D eigenvalue weighted by molar-refractivity contribution is 5.81. The number of rotatable bonds is 3. The van der Waals surface area contributed by atoms with Crippen LogP contribution in [0.25, 0.3) is 11.0 Å². The van der Waals surface area contributed by atoms with Crippen LogP contribution in [-0.2, 0) is 23.8 Å². The fourth-order valence-electron chi connectivity index (χ4n) is 3.37. The number of carbonyl (C=O) groups is 1. The van der Waals surface area contributed by atoms with Crippen LogP contribution in [0.4, 0.5) is 0 Å². The van der Waals surface area contributed by atoms with Crippen molar-refractivity contribution in [3.63, 3.8) is 0 Å². The van der Waals surface area contributed by atoms with Crippen molar-refractivity contribution in [1.29, 1.82) is 0 Å². The minimum atomic E-state index is -0.832. The molecule has 0 aliphatic carbocycles. The molecule has 0 saturated carbocycles. The van der Waals surface area contributed by atoms with Crippen LogP contribution < -0.4 is 0 Å². The topological polar surface area (TPSA) is 87.9 Å². The SMILES string of the molecule is CON(C)C(=O)[C@H]1O[C@@H](n2ccc3cncnc32)[C@@H]2OC(C)(C)O[C@@H]21. The summed E-state index contributed by atoms with van der Waals surface area (Å²) in [6.07, 6.45) is 2.69. The maximum Gasteiger partial charge on any atom is 0.277 e. The molecule has 2 saturated heterocycles. The lowest BCUT2D eigenvalue weighted by molar-refractivity contribution is -0.211. The number of hydrogen-bond donors (Lipinski definition) is 0. The third-order valence-corrected chi connectivity index (χ3v) is 4.51. The van der Waals surface area contributed by atoms with Crippen molar-refractivity contribution in [1.82, 2.24) is 19.6 Å². The normalized spacial score (nSPS) is 30.6. The van der Waals surface area contributed by atoms with E-state index < -0.39 is 30.3 Å². The van der Waals surface area contributed by atoms with Gasteiger partial charge in [0.25, 0.3) is 5.91 Å². The molecule has 1 amide bonds. The first-order valence-corrected chi connectivity index (χ1v) is 8.00. The Labute approximate surface area is 144 Å². The van der Waals surface area contributed by atoms with Gasteiger partial charge in [-0.2, -0.15) is 0 Å². The molecule has 9 heteroatoms. The summed E-state index contributed by atoms with van der Waals surface area (Å²) in [5, 5.41) is 2.01. The number of amides is 1. The third-order valence-electron chi connectivity index (χ3n) is 4.51. The lowest BCUT2D eigenvalue weighted by atomic mass is 10.1. The fraction of sp³-hybridized carbons (Fsp3) is 0.562. The lowest BCUT2D eigenvalue weighted by Crippen LogP contribution is -2.43. The molecule has 2 aliphatic rings. The van der Waals surface area contributed by atoms with Crippen LogP contribution in [0, 0.1) is 0 Å². The number of hydroxylamine groups is 2. The molecule has 2 fully saturated rings. The molecule has 4 atom stereocenters. The summed E-state index contributed by atoms with van der Waals surface area (Å²) in [7, 11) is 2.96. The van der Waals surface area contributed by atoms with Crippen molar-refractivity contribution in [3.05, 3.63) is 24.8 Å². The number of nitrogens with zero attached hydrogens (tertiary/aromatic N) is 4. The Balaban J connectivity index is 1.72. The maximum atomic E-state index is 12.6. The van der Waals surface area contributed by atoms with Crippen molar-refractivity contribution in [2.75, 3.05) is 14.2 Å². The van der Waals surface area contributed by atoms with Crippen LogP contribution in [0.3, 0.4) is 0 Å². The molecular weight excluding hydrogens is 328 g/mol. The second-order valence-electron chi connectivity index (χ2n) is 6.55. The zero-order chi connectivity index (χ0) is 17.8. The first-order chi connectivity index (χ1) is 11.9. The molecule has 0 radical (unpaired) electrons. The molecule has 0 spiro atoms. The highest BCUT2D eigenvalue weighted by Gasteiger charge is 2.58. The van der Waals surface area contributed by atoms with Gasteiger partial charge in [0.05, 0.1) is 7.11 Å². The van der Waals surface area contributed by atoms with Crippen LogP contribution in [0.1, 0.15) is 20.1 Å². The Hall–Kier alpha value is -2.07. The molecule has 0 bridgehead atoms. The zero-order valence-electron chi connectivity index (χ0n) is 14.4. The predicted molar refractivity (Wildman–Crippen MR) is 85.0 cm³/mol. The van der Waals surface area contributed by atoms with Crippen molar-refractivity contribution < 1.29 is 23.8 Å². The molecule has 2 aromatic rings. The predicted octanol–water partition coefficient (Wildman–Crippen LogP) is 0.869. The Bertz CT molecular complexity index is 807. The lowest BCUT2D eigenvalue weighted by Gasteiger charge is -2.26. The summed E-state index contributed by atoms with van der Waals surface area (Å²) < 4.78 is 19.9. The largest absolute Gasteiger partial charge is 0.341 e. The number of hydrogen-bond acceptors (Lipinski definition) is 7. The average Bonchev–Trinajstić information content (AvgIpc) is 3.24. The van der Waals surface area contributed by atoms with Gasteiger partial charge in [-0.05, 0) is 19.9 Å². The number of fused-ring (bicyclic) bond motifs is 2. The van der Waals surface area contributed by atoms with Crippen LogP contribution in [0.15, 0.2) is 24.8 Å². The molecule has 0 aromatic carbocycles.